The number of carbonyl (C=O) groups is 1. The van der Waals surface area contributed by atoms with Crippen LogP contribution in [0.15, 0.2) is 75.7 Å². The normalized spacial score (nSPS) is 16.6. The van der Waals surface area contributed by atoms with Gasteiger partial charge in [0.1, 0.15) is 28.2 Å². The second-order valence-corrected chi connectivity index (χ2v) is 11.1. The fourth-order valence-corrected chi connectivity index (χ4v) is 5.46. The molecule has 1 N–H and O–H groups in total. The van der Waals surface area contributed by atoms with Gasteiger partial charge in [0.2, 0.25) is 5.91 Å². The van der Waals surface area contributed by atoms with Gasteiger partial charge in [0.15, 0.2) is 5.82 Å². The van der Waals surface area contributed by atoms with Crippen molar-refractivity contribution in [3.8, 4) is 11.8 Å². The number of nitrogens with zero attached hydrogens (tertiary/aromatic N) is 10. The maximum absolute atomic E-state index is 12.4. The molecule has 2 aliphatic rings. The molecular weight excluding hydrogens is 594 g/mol. The fourth-order valence-electron chi connectivity index (χ4n) is 5.33. The number of aromatic nitrogens is 2. The molecule has 2 aromatic carbocycles. The van der Waals surface area contributed by atoms with Crippen LogP contribution in [0.2, 0.25) is 5.02 Å². The maximum Gasteiger partial charge on any atom is 0.271 e. The molecule has 1 amide bonds. The van der Waals surface area contributed by atoms with Crippen LogP contribution in [0.3, 0.4) is 0 Å². The van der Waals surface area contributed by atoms with E-state index < -0.39 is 0 Å². The number of anilines is 2. The molecule has 5 rings (SSSR count). The molecule has 0 aliphatic carbocycles. The van der Waals surface area contributed by atoms with Gasteiger partial charge in [-0.1, -0.05) is 30.3 Å². The first kappa shape index (κ1) is 31.6. The topological polar surface area (TPSA) is 147 Å². The summed E-state index contributed by atoms with van der Waals surface area (Å²) >= 11 is 6.24. The highest BCUT2D eigenvalue weighted by Crippen LogP contribution is 2.40. The first-order valence-electron chi connectivity index (χ1n) is 14.6. The number of ether oxygens (including phenoxy) is 1. The number of piperidine rings is 1. The molecule has 3 heterocycles. The molecule has 0 spiro atoms. The molecule has 3 aromatic rings. The van der Waals surface area contributed by atoms with E-state index in [9.17, 15) is 10.1 Å². The number of halogens is 1. The van der Waals surface area contributed by atoms with E-state index in [1.165, 1.54) is 12.3 Å². The number of amides is 1. The molecule has 0 bridgehead atoms. The average Bonchev–Trinajstić information content (AvgIpc) is 3.07. The monoisotopic (exact) mass is 627 g/mol. The van der Waals surface area contributed by atoms with Crippen LogP contribution in [0, 0.1) is 11.3 Å². The van der Waals surface area contributed by atoms with Crippen LogP contribution in [0.25, 0.3) is 0 Å². The smallest absolute Gasteiger partial charge is 0.271 e. The van der Waals surface area contributed by atoms with E-state index in [0.717, 1.165) is 57.8 Å². The van der Waals surface area contributed by atoms with Gasteiger partial charge in [-0.15, -0.1) is 20.5 Å². The van der Waals surface area contributed by atoms with Gasteiger partial charge in [0, 0.05) is 51.4 Å². The first-order valence-corrected chi connectivity index (χ1v) is 14.9. The Morgan fingerprint density at radius 1 is 1.09 bits per heavy atom. The molecule has 0 saturated carbocycles. The van der Waals surface area contributed by atoms with E-state index in [1.807, 2.05) is 6.07 Å². The molecule has 0 radical (unpaired) electrons. The standard InChI is InChI=1S/C31H34ClN11O2/c1-4-29(44)35-25-17-26(28(45-3)18-27(25)43-11-9-22(10-12-43)42-15-13-41(2)14-16-42)38-40-31-34-20-23(32)30(36-31)39-37-24-8-6-5-7-21(24)19-33/h4-8,17-18,20,22H,1,9-16H2,2-3H3,(H,35,44). The van der Waals surface area contributed by atoms with Crippen molar-refractivity contribution in [3.63, 3.8) is 0 Å². The Morgan fingerprint density at radius 2 is 1.82 bits per heavy atom. The number of methoxy groups -OCH3 is 1. The summed E-state index contributed by atoms with van der Waals surface area (Å²) in [5.41, 5.74) is 2.50. The van der Waals surface area contributed by atoms with Gasteiger partial charge >= 0.3 is 0 Å². The second-order valence-electron chi connectivity index (χ2n) is 10.7. The van der Waals surface area contributed by atoms with Crippen molar-refractivity contribution < 1.29 is 9.53 Å². The zero-order valence-corrected chi connectivity index (χ0v) is 26.0. The van der Waals surface area contributed by atoms with Crippen molar-refractivity contribution in [2.45, 2.75) is 18.9 Å². The number of hydrogen-bond acceptors (Lipinski definition) is 12. The molecule has 13 nitrogen and oxygen atoms in total. The minimum atomic E-state index is -0.342. The quantitative estimate of drug-likeness (QED) is 0.218. The third-order valence-corrected chi connectivity index (χ3v) is 8.10. The number of likely N-dealkylation sites (N-methyl/N-ethyl adjacent to an activating group) is 1. The highest BCUT2D eigenvalue weighted by atomic mass is 35.5. The summed E-state index contributed by atoms with van der Waals surface area (Å²) in [6.45, 7) is 9.64. The van der Waals surface area contributed by atoms with Gasteiger partial charge in [-0.25, -0.2) is 4.98 Å². The van der Waals surface area contributed by atoms with Crippen molar-refractivity contribution in [1.29, 1.82) is 5.26 Å². The number of carbonyl (C=O) groups excluding carboxylic acids is 1. The molecule has 0 atom stereocenters. The summed E-state index contributed by atoms with van der Waals surface area (Å²) in [7, 11) is 3.72. The number of piperazine rings is 1. The Kier molecular flexibility index (Phi) is 10.4. The summed E-state index contributed by atoms with van der Waals surface area (Å²) < 4.78 is 5.68. The Labute approximate surface area is 266 Å². The molecule has 2 saturated heterocycles. The van der Waals surface area contributed by atoms with Crippen LogP contribution in [-0.4, -0.2) is 85.1 Å². The summed E-state index contributed by atoms with van der Waals surface area (Å²) in [4.78, 5) is 28.0. The van der Waals surface area contributed by atoms with Crippen molar-refractivity contribution in [2.75, 3.05) is 63.6 Å². The van der Waals surface area contributed by atoms with E-state index >= 15 is 0 Å². The van der Waals surface area contributed by atoms with Crippen LogP contribution in [0.1, 0.15) is 18.4 Å². The Balaban J connectivity index is 1.37. The van der Waals surface area contributed by atoms with Gasteiger partial charge in [0.05, 0.1) is 30.2 Å². The molecule has 232 valence electrons. The Morgan fingerprint density at radius 3 is 2.53 bits per heavy atom. The second kappa shape index (κ2) is 14.8. The predicted octanol–water partition coefficient (Wildman–Crippen LogP) is 6.18. The van der Waals surface area contributed by atoms with Gasteiger partial charge in [-0.2, -0.15) is 10.2 Å². The third-order valence-electron chi connectivity index (χ3n) is 7.84. The number of nitrogens with one attached hydrogen (secondary N) is 1. The van der Waals surface area contributed by atoms with Crippen LogP contribution in [0.5, 0.6) is 5.75 Å². The molecular formula is C31H34ClN11O2. The van der Waals surface area contributed by atoms with Crippen molar-refractivity contribution in [3.05, 3.63) is 65.8 Å². The number of rotatable bonds is 9. The SMILES string of the molecule is C=CC(=O)Nc1cc(N=Nc2ncc(Cl)c(N=Nc3ccccc3C#N)n2)c(OC)cc1N1CCC(N2CCN(C)CC2)CC1. The minimum Gasteiger partial charge on any atom is -0.494 e. The van der Waals surface area contributed by atoms with Crippen molar-refractivity contribution >= 4 is 52.0 Å². The zero-order chi connectivity index (χ0) is 31.8. The summed E-state index contributed by atoms with van der Waals surface area (Å²) in [6.07, 6.45) is 4.62. The Bertz CT molecular complexity index is 1640. The highest BCUT2D eigenvalue weighted by Gasteiger charge is 2.28. The number of azo groups is 2. The Hall–Kier alpha value is -4.77. The number of benzene rings is 2. The van der Waals surface area contributed by atoms with Crippen LogP contribution < -0.4 is 15.0 Å². The molecule has 2 fully saturated rings. The molecule has 2 aliphatic heterocycles. The van der Waals surface area contributed by atoms with Gasteiger partial charge in [-0.05, 0) is 44.2 Å². The van der Waals surface area contributed by atoms with E-state index in [-0.39, 0.29) is 22.7 Å². The lowest BCUT2D eigenvalue weighted by Gasteiger charge is -2.43. The van der Waals surface area contributed by atoms with Crippen molar-refractivity contribution in [1.82, 2.24) is 19.8 Å². The maximum atomic E-state index is 12.4. The van der Waals surface area contributed by atoms with Crippen LogP contribution in [-0.2, 0) is 4.79 Å². The predicted molar refractivity (Wildman–Crippen MR) is 173 cm³/mol. The summed E-state index contributed by atoms with van der Waals surface area (Å²) in [6, 6.07) is 13.0. The third kappa shape index (κ3) is 7.85. The van der Waals surface area contributed by atoms with Gasteiger partial charge < -0.3 is 19.9 Å². The van der Waals surface area contributed by atoms with E-state index in [0.29, 0.717) is 34.4 Å². The van der Waals surface area contributed by atoms with Crippen LogP contribution >= 0.6 is 11.6 Å². The minimum absolute atomic E-state index is 0.0179. The van der Waals surface area contributed by atoms with Crippen molar-refractivity contribution in [2.24, 2.45) is 20.5 Å². The summed E-state index contributed by atoms with van der Waals surface area (Å²) in [5, 5.41) is 29.1. The average molecular weight is 628 g/mol. The molecule has 14 heteroatoms. The lowest BCUT2D eigenvalue weighted by Crippen LogP contribution is -2.52. The lowest BCUT2D eigenvalue weighted by molar-refractivity contribution is -0.111. The molecule has 1 aromatic heterocycles. The van der Waals surface area contributed by atoms with E-state index in [2.05, 4.69) is 70.1 Å². The largest absolute Gasteiger partial charge is 0.494 e. The highest BCUT2D eigenvalue weighted by molar-refractivity contribution is 6.32. The first-order chi connectivity index (χ1) is 21.9. The van der Waals surface area contributed by atoms with E-state index in [4.69, 9.17) is 16.3 Å². The molecule has 45 heavy (non-hydrogen) atoms. The summed E-state index contributed by atoms with van der Waals surface area (Å²) in [5.74, 6) is 0.171. The fraction of sp³-hybridized carbons (Fsp3) is 0.355. The van der Waals surface area contributed by atoms with Crippen LogP contribution in [0.4, 0.5) is 34.5 Å². The zero-order valence-electron chi connectivity index (χ0n) is 25.2. The molecule has 0 unspecified atom stereocenters. The number of nitriles is 1. The number of hydrogen-bond donors (Lipinski definition) is 1. The van der Waals surface area contributed by atoms with Gasteiger partial charge in [-0.3, -0.25) is 9.69 Å². The lowest BCUT2D eigenvalue weighted by atomic mass is 10.0. The van der Waals surface area contributed by atoms with E-state index in [1.54, 1.807) is 37.4 Å². The van der Waals surface area contributed by atoms with Gasteiger partial charge in [0.25, 0.3) is 5.95 Å².